The number of carbonyl (C=O) groups excluding carboxylic acids is 1. The Balaban J connectivity index is 1.48. The SMILES string of the molecule is COc1cc2nccc(Nc3ccc(NC(=O)Nc4cccc(Cl)c4)cc3)c2cc1OC. The number of carbonyl (C=O) groups is 1. The molecule has 0 spiro atoms. The van der Waals surface area contributed by atoms with E-state index in [0.29, 0.717) is 27.9 Å². The summed E-state index contributed by atoms with van der Waals surface area (Å²) >= 11 is 5.95. The summed E-state index contributed by atoms with van der Waals surface area (Å²) in [5.41, 5.74) is 3.78. The van der Waals surface area contributed by atoms with Gasteiger partial charge in [-0.3, -0.25) is 4.98 Å². The lowest BCUT2D eigenvalue weighted by Crippen LogP contribution is -2.19. The van der Waals surface area contributed by atoms with Gasteiger partial charge in [0.1, 0.15) is 0 Å². The standard InChI is InChI=1S/C24H21ClN4O3/c1-31-22-13-19-20(10-11-26-21(19)14-23(22)32-2)27-16-6-8-17(9-7-16)28-24(30)29-18-5-3-4-15(25)12-18/h3-14H,1-2H3,(H,26,27)(H2,28,29,30). The van der Waals surface area contributed by atoms with Crippen molar-refractivity contribution in [3.8, 4) is 11.5 Å². The normalized spacial score (nSPS) is 10.5. The summed E-state index contributed by atoms with van der Waals surface area (Å²) in [7, 11) is 3.19. The molecule has 0 bridgehead atoms. The smallest absolute Gasteiger partial charge is 0.323 e. The van der Waals surface area contributed by atoms with Crippen LogP contribution < -0.4 is 25.4 Å². The highest BCUT2D eigenvalue weighted by atomic mass is 35.5. The van der Waals surface area contributed by atoms with Crippen molar-refractivity contribution in [1.29, 1.82) is 0 Å². The monoisotopic (exact) mass is 448 g/mol. The van der Waals surface area contributed by atoms with Crippen LogP contribution >= 0.6 is 11.6 Å². The molecule has 8 heteroatoms. The van der Waals surface area contributed by atoms with Crippen molar-refractivity contribution < 1.29 is 14.3 Å². The van der Waals surface area contributed by atoms with E-state index in [1.165, 1.54) is 0 Å². The molecular formula is C24H21ClN4O3. The topological polar surface area (TPSA) is 84.5 Å². The Labute approximate surface area is 190 Å². The van der Waals surface area contributed by atoms with Crippen LogP contribution in [0.2, 0.25) is 5.02 Å². The molecule has 0 saturated carbocycles. The highest BCUT2D eigenvalue weighted by Crippen LogP contribution is 2.35. The quantitative estimate of drug-likeness (QED) is 0.322. The Morgan fingerprint density at radius 1 is 0.844 bits per heavy atom. The van der Waals surface area contributed by atoms with E-state index in [9.17, 15) is 4.79 Å². The number of aromatic nitrogens is 1. The highest BCUT2D eigenvalue weighted by Gasteiger charge is 2.10. The Kier molecular flexibility index (Phi) is 6.28. The highest BCUT2D eigenvalue weighted by molar-refractivity contribution is 6.30. The number of nitrogens with one attached hydrogen (secondary N) is 3. The third-order valence-electron chi connectivity index (χ3n) is 4.75. The first kappa shape index (κ1) is 21.3. The van der Waals surface area contributed by atoms with Crippen molar-refractivity contribution in [1.82, 2.24) is 4.98 Å². The van der Waals surface area contributed by atoms with E-state index in [2.05, 4.69) is 20.9 Å². The molecule has 0 radical (unpaired) electrons. The van der Waals surface area contributed by atoms with Gasteiger partial charge in [-0.15, -0.1) is 0 Å². The van der Waals surface area contributed by atoms with Gasteiger partial charge in [0.05, 0.1) is 19.7 Å². The first-order valence-corrected chi connectivity index (χ1v) is 10.1. The molecule has 4 rings (SSSR count). The minimum Gasteiger partial charge on any atom is -0.493 e. The van der Waals surface area contributed by atoms with E-state index in [0.717, 1.165) is 22.3 Å². The van der Waals surface area contributed by atoms with Crippen LogP contribution in [0.3, 0.4) is 0 Å². The molecule has 32 heavy (non-hydrogen) atoms. The second-order valence-electron chi connectivity index (χ2n) is 6.87. The number of hydrogen-bond acceptors (Lipinski definition) is 5. The largest absolute Gasteiger partial charge is 0.493 e. The van der Waals surface area contributed by atoms with E-state index < -0.39 is 0 Å². The maximum atomic E-state index is 12.2. The van der Waals surface area contributed by atoms with Gasteiger partial charge in [0.15, 0.2) is 11.5 Å². The van der Waals surface area contributed by atoms with Crippen LogP contribution in [0.15, 0.2) is 72.9 Å². The Morgan fingerprint density at radius 2 is 1.53 bits per heavy atom. The zero-order valence-electron chi connectivity index (χ0n) is 17.5. The number of hydrogen-bond donors (Lipinski definition) is 3. The van der Waals surface area contributed by atoms with Crippen molar-refractivity contribution in [2.45, 2.75) is 0 Å². The molecule has 1 heterocycles. The summed E-state index contributed by atoms with van der Waals surface area (Å²) in [6.07, 6.45) is 1.73. The summed E-state index contributed by atoms with van der Waals surface area (Å²) in [5, 5.41) is 10.4. The number of benzene rings is 3. The lowest BCUT2D eigenvalue weighted by atomic mass is 10.1. The molecular weight excluding hydrogens is 428 g/mol. The Hall–Kier alpha value is -3.97. The summed E-state index contributed by atoms with van der Waals surface area (Å²) in [6.45, 7) is 0. The number of fused-ring (bicyclic) bond motifs is 1. The number of amides is 2. The summed E-state index contributed by atoms with van der Waals surface area (Å²) < 4.78 is 10.8. The zero-order valence-corrected chi connectivity index (χ0v) is 18.2. The molecule has 0 saturated heterocycles. The molecule has 4 aromatic rings. The van der Waals surface area contributed by atoms with Crippen molar-refractivity contribution >= 4 is 51.3 Å². The van der Waals surface area contributed by atoms with Crippen LogP contribution in [0.5, 0.6) is 11.5 Å². The van der Waals surface area contributed by atoms with Crippen LogP contribution in [-0.2, 0) is 0 Å². The predicted molar refractivity (Wildman–Crippen MR) is 129 cm³/mol. The molecule has 0 aliphatic carbocycles. The number of anilines is 4. The van der Waals surface area contributed by atoms with E-state index >= 15 is 0 Å². The van der Waals surface area contributed by atoms with Crippen LogP contribution in [0.1, 0.15) is 0 Å². The molecule has 3 N–H and O–H groups in total. The number of pyridine rings is 1. The number of urea groups is 1. The van der Waals surface area contributed by atoms with Gasteiger partial charge in [0.2, 0.25) is 0 Å². The van der Waals surface area contributed by atoms with E-state index in [1.54, 1.807) is 44.7 Å². The number of nitrogens with zero attached hydrogens (tertiary/aromatic N) is 1. The third kappa shape index (κ3) is 4.84. The summed E-state index contributed by atoms with van der Waals surface area (Å²) in [4.78, 5) is 16.6. The van der Waals surface area contributed by atoms with Crippen molar-refractivity contribution in [3.05, 3.63) is 77.9 Å². The van der Waals surface area contributed by atoms with Crippen LogP contribution in [-0.4, -0.2) is 25.2 Å². The maximum absolute atomic E-state index is 12.2. The number of methoxy groups -OCH3 is 2. The van der Waals surface area contributed by atoms with Crippen LogP contribution in [0, 0.1) is 0 Å². The molecule has 3 aromatic carbocycles. The van der Waals surface area contributed by atoms with E-state index in [1.807, 2.05) is 42.5 Å². The Bertz CT molecular complexity index is 1260. The van der Waals surface area contributed by atoms with Crippen LogP contribution in [0.4, 0.5) is 27.5 Å². The third-order valence-corrected chi connectivity index (χ3v) is 4.99. The molecule has 7 nitrogen and oxygen atoms in total. The lowest BCUT2D eigenvalue weighted by molar-refractivity contribution is 0.262. The maximum Gasteiger partial charge on any atom is 0.323 e. The van der Waals surface area contributed by atoms with E-state index in [-0.39, 0.29) is 6.03 Å². The van der Waals surface area contributed by atoms with Gasteiger partial charge >= 0.3 is 6.03 Å². The summed E-state index contributed by atoms with van der Waals surface area (Å²) in [6, 6.07) is 19.6. The summed E-state index contributed by atoms with van der Waals surface area (Å²) in [5.74, 6) is 1.25. The van der Waals surface area contributed by atoms with Gasteiger partial charge in [-0.25, -0.2) is 4.79 Å². The second kappa shape index (κ2) is 9.45. The Morgan fingerprint density at radius 3 is 2.25 bits per heavy atom. The number of rotatable bonds is 6. The fourth-order valence-corrected chi connectivity index (χ4v) is 3.42. The molecule has 0 aliphatic rings. The van der Waals surface area contributed by atoms with Crippen LogP contribution in [0.25, 0.3) is 10.9 Å². The van der Waals surface area contributed by atoms with Gasteiger partial charge in [0, 0.05) is 45.4 Å². The molecule has 0 aliphatic heterocycles. The van der Waals surface area contributed by atoms with E-state index in [4.69, 9.17) is 21.1 Å². The lowest BCUT2D eigenvalue weighted by Gasteiger charge is -2.13. The van der Waals surface area contributed by atoms with Crippen molar-refractivity contribution in [2.24, 2.45) is 0 Å². The number of halogens is 1. The average Bonchev–Trinajstić information content (AvgIpc) is 2.79. The molecule has 0 unspecified atom stereocenters. The average molecular weight is 449 g/mol. The van der Waals surface area contributed by atoms with Crippen molar-refractivity contribution in [2.75, 3.05) is 30.2 Å². The van der Waals surface area contributed by atoms with Gasteiger partial charge in [-0.1, -0.05) is 17.7 Å². The fraction of sp³-hybridized carbons (Fsp3) is 0.0833. The molecule has 0 atom stereocenters. The van der Waals surface area contributed by atoms with Gasteiger partial charge in [-0.2, -0.15) is 0 Å². The fourth-order valence-electron chi connectivity index (χ4n) is 3.23. The molecule has 0 fully saturated rings. The molecule has 1 aromatic heterocycles. The number of ether oxygens (including phenoxy) is 2. The minimum atomic E-state index is -0.353. The van der Waals surface area contributed by atoms with Gasteiger partial charge < -0.3 is 25.4 Å². The predicted octanol–water partition coefficient (Wildman–Crippen LogP) is 6.29. The molecule has 162 valence electrons. The van der Waals surface area contributed by atoms with Crippen molar-refractivity contribution in [3.63, 3.8) is 0 Å². The van der Waals surface area contributed by atoms with Gasteiger partial charge in [0.25, 0.3) is 0 Å². The second-order valence-corrected chi connectivity index (χ2v) is 7.31. The minimum absolute atomic E-state index is 0.353. The first-order valence-electron chi connectivity index (χ1n) is 9.77. The van der Waals surface area contributed by atoms with Gasteiger partial charge in [-0.05, 0) is 54.6 Å². The first-order chi connectivity index (χ1) is 15.6. The molecule has 2 amide bonds. The zero-order chi connectivity index (χ0) is 22.5.